The average Bonchev–Trinajstić information content (AvgIpc) is 3.31. The molecule has 2 unspecified atom stereocenters. The quantitative estimate of drug-likeness (QED) is 0.148. The van der Waals surface area contributed by atoms with Crippen LogP contribution in [-0.2, 0) is 42.9 Å². The summed E-state index contributed by atoms with van der Waals surface area (Å²) in [7, 11) is 0. The van der Waals surface area contributed by atoms with E-state index in [1.165, 1.54) is 11.0 Å². The molecule has 3 aliphatic heterocycles. The van der Waals surface area contributed by atoms with Crippen LogP contribution >= 0.6 is 12.2 Å². The Hall–Kier alpha value is -4.33. The Kier molecular flexibility index (Phi) is 12.5. The standard InChI is InChI=1S/C41H46F5N5O5S/c1-39(2)37(55)50(31-8-6-28(22-47)34(21-31)41(44,45)46)38(57)51(39)30-9-11-33(12-10-30)56-17-15-29-14-16-49(24-40(29,42)43)23-32(52)20-26-5-3-4-25(18-26)19-27-7-13-35(53)48-36(27)54/h3-6,8,18,21,27,29-30,33H,7,9-17,19-20,23-24H2,1-2H3,(H,48,53,54). The number of carbonyl (C=O) groups excluding carboxylic acids is 4. The lowest BCUT2D eigenvalue weighted by Crippen LogP contribution is -2.51. The molecule has 0 spiro atoms. The van der Waals surface area contributed by atoms with Crippen molar-refractivity contribution in [1.82, 2.24) is 15.1 Å². The number of hydrogen-bond donors (Lipinski definition) is 1. The minimum Gasteiger partial charge on any atom is -0.378 e. The van der Waals surface area contributed by atoms with Crippen LogP contribution < -0.4 is 10.2 Å². The van der Waals surface area contributed by atoms with Gasteiger partial charge in [-0.3, -0.25) is 34.3 Å². The Bertz CT molecular complexity index is 1940. The lowest BCUT2D eigenvalue weighted by Gasteiger charge is -2.41. The van der Waals surface area contributed by atoms with Gasteiger partial charge in [0.1, 0.15) is 5.54 Å². The fourth-order valence-corrected chi connectivity index (χ4v) is 9.23. The minimum atomic E-state index is -4.80. The number of ketones is 1. The molecule has 4 fully saturated rings. The second kappa shape index (κ2) is 16.9. The van der Waals surface area contributed by atoms with Gasteiger partial charge in [-0.1, -0.05) is 24.3 Å². The van der Waals surface area contributed by atoms with Crippen LogP contribution in [0.2, 0.25) is 0 Å². The molecule has 1 N–H and O–H groups in total. The molecule has 306 valence electrons. The SMILES string of the molecule is CC1(C)C(=O)N(c2ccc(C#N)c(C(F)(F)F)c2)C(=S)N1C1CCC(OCCC2CCN(CC(=O)Cc3cccc(CC4CCC(=O)NC4=O)c3)CC2(F)F)CC1. The molecule has 0 bridgehead atoms. The zero-order chi connectivity index (χ0) is 41.3. The van der Waals surface area contributed by atoms with Gasteiger partial charge in [-0.25, -0.2) is 8.78 Å². The number of ether oxygens (including phenoxy) is 1. The largest absolute Gasteiger partial charge is 0.417 e. The molecule has 10 nitrogen and oxygen atoms in total. The number of piperidine rings is 2. The number of anilines is 1. The third-order valence-corrected chi connectivity index (χ3v) is 12.1. The number of nitrogens with zero attached hydrogens (tertiary/aromatic N) is 4. The van der Waals surface area contributed by atoms with E-state index < -0.39 is 47.1 Å². The summed E-state index contributed by atoms with van der Waals surface area (Å²) in [6.07, 6.45) is -1.01. The third-order valence-electron chi connectivity index (χ3n) is 11.7. The van der Waals surface area contributed by atoms with Gasteiger partial charge < -0.3 is 9.64 Å². The van der Waals surface area contributed by atoms with Crippen LogP contribution in [0, 0.1) is 23.2 Å². The van der Waals surface area contributed by atoms with Gasteiger partial charge in [-0.15, -0.1) is 0 Å². The lowest BCUT2D eigenvalue weighted by atomic mass is 9.88. The van der Waals surface area contributed by atoms with Crippen molar-refractivity contribution < 1.29 is 45.9 Å². The molecule has 2 atom stereocenters. The first-order valence-corrected chi connectivity index (χ1v) is 19.7. The monoisotopic (exact) mass is 815 g/mol. The molecule has 57 heavy (non-hydrogen) atoms. The minimum absolute atomic E-state index is 0.0655. The predicted octanol–water partition coefficient (Wildman–Crippen LogP) is 6.37. The molecule has 4 aliphatic rings. The molecule has 2 aromatic rings. The van der Waals surface area contributed by atoms with Gasteiger partial charge in [-0.05, 0) is 113 Å². The summed E-state index contributed by atoms with van der Waals surface area (Å²) >= 11 is 5.68. The van der Waals surface area contributed by atoms with Crippen LogP contribution in [0.25, 0.3) is 0 Å². The maximum atomic E-state index is 15.3. The van der Waals surface area contributed by atoms with Crippen molar-refractivity contribution in [1.29, 1.82) is 5.26 Å². The highest BCUT2D eigenvalue weighted by Gasteiger charge is 2.53. The molecule has 3 saturated heterocycles. The van der Waals surface area contributed by atoms with Crippen molar-refractivity contribution >= 4 is 46.5 Å². The first kappa shape index (κ1) is 42.3. The molecule has 16 heteroatoms. The molecule has 1 saturated carbocycles. The van der Waals surface area contributed by atoms with Crippen molar-refractivity contribution in [3.05, 3.63) is 64.7 Å². The van der Waals surface area contributed by atoms with Crippen molar-refractivity contribution in [2.45, 2.75) is 108 Å². The highest BCUT2D eigenvalue weighted by atomic mass is 32.1. The van der Waals surface area contributed by atoms with Crippen LogP contribution in [-0.4, -0.2) is 88.3 Å². The predicted molar refractivity (Wildman–Crippen MR) is 203 cm³/mol. The summed E-state index contributed by atoms with van der Waals surface area (Å²) < 4.78 is 77.9. The number of thiocarbonyl (C=S) groups is 1. The van der Waals surface area contributed by atoms with Gasteiger partial charge in [0.15, 0.2) is 10.9 Å². The summed E-state index contributed by atoms with van der Waals surface area (Å²) in [5.74, 6) is -5.46. The third kappa shape index (κ3) is 9.53. The number of amides is 3. The molecule has 1 aliphatic carbocycles. The number of benzene rings is 2. The van der Waals surface area contributed by atoms with Gasteiger partial charge in [0, 0.05) is 37.3 Å². The topological polar surface area (TPSA) is 123 Å². The van der Waals surface area contributed by atoms with Gasteiger partial charge in [-0.2, -0.15) is 18.4 Å². The Morgan fingerprint density at radius 3 is 2.40 bits per heavy atom. The fourth-order valence-electron chi connectivity index (χ4n) is 8.66. The first-order valence-electron chi connectivity index (χ1n) is 19.3. The number of alkyl halides is 5. The fraction of sp³-hybridized carbons (Fsp3) is 0.561. The normalized spacial score (nSPS) is 25.4. The number of likely N-dealkylation sites (tertiary alicyclic amines) is 1. The van der Waals surface area contributed by atoms with E-state index in [1.807, 2.05) is 12.1 Å². The van der Waals surface area contributed by atoms with Gasteiger partial charge in [0.05, 0.1) is 42.1 Å². The van der Waals surface area contributed by atoms with Gasteiger partial charge in [0.2, 0.25) is 11.8 Å². The zero-order valence-corrected chi connectivity index (χ0v) is 32.7. The second-order valence-corrected chi connectivity index (χ2v) is 16.5. The maximum Gasteiger partial charge on any atom is 0.417 e. The number of imide groups is 1. The smallest absolute Gasteiger partial charge is 0.378 e. The summed E-state index contributed by atoms with van der Waals surface area (Å²) in [4.78, 5) is 54.5. The number of hydrogen-bond acceptors (Lipinski definition) is 8. The number of rotatable bonds is 12. The van der Waals surface area contributed by atoms with Crippen molar-refractivity contribution in [2.24, 2.45) is 11.8 Å². The lowest BCUT2D eigenvalue weighted by molar-refractivity contribution is -0.138. The van der Waals surface area contributed by atoms with Crippen LogP contribution in [0.1, 0.15) is 87.5 Å². The van der Waals surface area contributed by atoms with E-state index in [9.17, 15) is 37.6 Å². The van der Waals surface area contributed by atoms with Crippen molar-refractivity contribution in [2.75, 3.05) is 31.1 Å². The van der Waals surface area contributed by atoms with Gasteiger partial charge >= 0.3 is 6.18 Å². The summed E-state index contributed by atoms with van der Waals surface area (Å²) in [5.41, 5.74) is -1.30. The Morgan fingerprint density at radius 1 is 1.02 bits per heavy atom. The number of nitrogens with one attached hydrogen (secondary N) is 1. The Balaban J connectivity index is 0.945. The van der Waals surface area contributed by atoms with E-state index in [-0.39, 0.29) is 85.3 Å². The van der Waals surface area contributed by atoms with Gasteiger partial charge in [0.25, 0.3) is 11.8 Å². The zero-order valence-electron chi connectivity index (χ0n) is 31.9. The molecule has 3 heterocycles. The van der Waals surface area contributed by atoms with E-state index in [4.69, 9.17) is 17.0 Å². The van der Waals surface area contributed by atoms with Crippen molar-refractivity contribution in [3.63, 3.8) is 0 Å². The molecule has 6 rings (SSSR count). The van der Waals surface area contributed by atoms with E-state index in [2.05, 4.69) is 5.32 Å². The number of Topliss-reactive ketones (excluding diaryl/α,β-unsaturated/α-hetero) is 1. The molecule has 0 radical (unpaired) electrons. The van der Waals surface area contributed by atoms with Crippen LogP contribution in [0.5, 0.6) is 0 Å². The Labute approximate surface area is 333 Å². The molecular weight excluding hydrogens is 770 g/mol. The Morgan fingerprint density at radius 2 is 1.74 bits per heavy atom. The highest BCUT2D eigenvalue weighted by molar-refractivity contribution is 7.80. The maximum absolute atomic E-state index is 15.3. The number of halogens is 5. The second-order valence-electron chi connectivity index (χ2n) is 16.1. The van der Waals surface area contributed by atoms with E-state index in [0.29, 0.717) is 45.1 Å². The average molecular weight is 816 g/mol. The van der Waals surface area contributed by atoms with Crippen molar-refractivity contribution in [3.8, 4) is 6.07 Å². The number of nitriles is 1. The molecule has 2 aromatic carbocycles. The van der Waals surface area contributed by atoms with E-state index >= 15 is 8.78 Å². The van der Waals surface area contributed by atoms with E-state index in [0.717, 1.165) is 28.2 Å². The number of carbonyl (C=O) groups is 4. The summed E-state index contributed by atoms with van der Waals surface area (Å²) in [6.45, 7) is 3.23. The summed E-state index contributed by atoms with van der Waals surface area (Å²) in [6, 6.07) is 11.8. The molecular formula is C41H46F5N5O5S. The molecule has 0 aromatic heterocycles. The van der Waals surface area contributed by atoms with Crippen LogP contribution in [0.3, 0.4) is 0 Å². The van der Waals surface area contributed by atoms with Crippen LogP contribution in [0.4, 0.5) is 27.6 Å². The highest BCUT2D eigenvalue weighted by Crippen LogP contribution is 2.41. The molecule has 3 amide bonds. The first-order chi connectivity index (χ1) is 26.9. The summed E-state index contributed by atoms with van der Waals surface area (Å²) in [5, 5.41) is 11.6. The van der Waals surface area contributed by atoms with E-state index in [1.54, 1.807) is 36.9 Å². The van der Waals surface area contributed by atoms with Crippen LogP contribution in [0.15, 0.2) is 42.5 Å².